The number of rotatable bonds is 6. The van der Waals surface area contributed by atoms with Crippen molar-refractivity contribution in [2.24, 2.45) is 4.40 Å². The van der Waals surface area contributed by atoms with E-state index in [-0.39, 0.29) is 21.2 Å². The fourth-order valence-corrected chi connectivity index (χ4v) is 4.42. The van der Waals surface area contributed by atoms with Crippen LogP contribution in [0.15, 0.2) is 74.5 Å². The summed E-state index contributed by atoms with van der Waals surface area (Å²) in [6.45, 7) is 6.75. The number of benzene rings is 2. The summed E-state index contributed by atoms with van der Waals surface area (Å²) in [6.07, 6.45) is 1.37. The fraction of sp³-hybridized carbons (Fsp3) is 0.211. The van der Waals surface area contributed by atoms with Crippen LogP contribution < -0.4 is 4.72 Å². The zero-order valence-corrected chi connectivity index (χ0v) is 17.2. The molecule has 0 aliphatic heterocycles. The van der Waals surface area contributed by atoms with Gasteiger partial charge in [0.05, 0.1) is 15.5 Å². The molecular formula is C19H22N2O4S2. The van der Waals surface area contributed by atoms with Gasteiger partial charge in [0.15, 0.2) is 0 Å². The van der Waals surface area contributed by atoms with E-state index in [1.807, 2.05) is 13.8 Å². The molecule has 6 nitrogen and oxygen atoms in total. The number of aryl methyl sites for hydroxylation is 2. The normalized spacial score (nSPS) is 13.5. The molecule has 1 N–H and O–H groups in total. The van der Waals surface area contributed by atoms with Crippen LogP contribution in [0, 0.1) is 13.8 Å². The summed E-state index contributed by atoms with van der Waals surface area (Å²) in [4.78, 5) is 0.210. The van der Waals surface area contributed by atoms with Crippen molar-refractivity contribution in [3.63, 3.8) is 0 Å². The van der Waals surface area contributed by atoms with E-state index in [1.54, 1.807) is 24.3 Å². The monoisotopic (exact) mass is 406 g/mol. The summed E-state index contributed by atoms with van der Waals surface area (Å²) in [7, 11) is -7.60. The van der Waals surface area contributed by atoms with Crippen LogP contribution in [0.4, 0.5) is 0 Å². The minimum Gasteiger partial charge on any atom is -0.284 e. The smallest absolute Gasteiger partial charge is 0.282 e. The SMILES string of the molecule is CC(/C=C(/C)NS(=O)(=O)c1ccc(C)cc1)=NS(=O)(=O)c1ccc(C)cc1. The predicted molar refractivity (Wildman–Crippen MR) is 107 cm³/mol. The molecule has 27 heavy (non-hydrogen) atoms. The Hall–Kier alpha value is -2.45. The topological polar surface area (TPSA) is 92.7 Å². The quantitative estimate of drug-likeness (QED) is 0.745. The summed E-state index contributed by atoms with van der Waals surface area (Å²) in [5.41, 5.74) is 2.32. The first-order valence-electron chi connectivity index (χ1n) is 8.16. The third kappa shape index (κ3) is 5.77. The van der Waals surface area contributed by atoms with Gasteiger partial charge in [0.1, 0.15) is 0 Å². The summed E-state index contributed by atoms with van der Waals surface area (Å²) in [5, 5.41) is 0. The van der Waals surface area contributed by atoms with Crippen LogP contribution in [0.5, 0.6) is 0 Å². The van der Waals surface area contributed by atoms with Crippen molar-refractivity contribution in [1.29, 1.82) is 0 Å². The molecule has 0 bridgehead atoms. The van der Waals surface area contributed by atoms with Crippen LogP contribution in [0.1, 0.15) is 25.0 Å². The van der Waals surface area contributed by atoms with E-state index in [1.165, 1.54) is 44.2 Å². The standard InChI is InChI=1S/C19H22N2O4S2/c1-14-5-9-18(10-6-14)26(22,23)20-16(3)13-17(4)21-27(24,25)19-11-7-15(2)8-12-19/h5-13,20H,1-4H3/b16-13-,21-17?. The average molecular weight is 407 g/mol. The largest absolute Gasteiger partial charge is 0.284 e. The zero-order valence-electron chi connectivity index (χ0n) is 15.6. The number of hydrogen-bond donors (Lipinski definition) is 1. The van der Waals surface area contributed by atoms with Gasteiger partial charge in [-0.25, -0.2) is 8.42 Å². The molecule has 0 heterocycles. The number of nitrogens with one attached hydrogen (secondary N) is 1. The van der Waals surface area contributed by atoms with Crippen LogP contribution in [0.3, 0.4) is 0 Å². The van der Waals surface area contributed by atoms with Crippen LogP contribution in [0.2, 0.25) is 0 Å². The Kier molecular flexibility index (Phi) is 6.22. The van der Waals surface area contributed by atoms with Gasteiger partial charge in [0, 0.05) is 5.70 Å². The van der Waals surface area contributed by atoms with Crippen molar-refractivity contribution < 1.29 is 16.8 Å². The van der Waals surface area contributed by atoms with Gasteiger partial charge in [-0.1, -0.05) is 35.4 Å². The van der Waals surface area contributed by atoms with Crippen molar-refractivity contribution in [1.82, 2.24) is 4.72 Å². The van der Waals surface area contributed by atoms with Crippen molar-refractivity contribution >= 4 is 25.8 Å². The maximum atomic E-state index is 12.4. The zero-order chi connectivity index (χ0) is 20.2. The van der Waals surface area contributed by atoms with Crippen LogP contribution >= 0.6 is 0 Å². The van der Waals surface area contributed by atoms with E-state index in [0.29, 0.717) is 0 Å². The lowest BCUT2D eigenvalue weighted by Gasteiger charge is -2.08. The van der Waals surface area contributed by atoms with Gasteiger partial charge in [-0.15, -0.1) is 0 Å². The fourth-order valence-electron chi connectivity index (χ4n) is 2.31. The van der Waals surface area contributed by atoms with Gasteiger partial charge >= 0.3 is 0 Å². The molecule has 2 rings (SSSR count). The lowest BCUT2D eigenvalue weighted by atomic mass is 10.2. The van der Waals surface area contributed by atoms with Crippen LogP contribution in [-0.2, 0) is 20.0 Å². The van der Waals surface area contributed by atoms with Gasteiger partial charge in [0.25, 0.3) is 20.0 Å². The van der Waals surface area contributed by atoms with Crippen molar-refractivity contribution in [3.05, 3.63) is 71.4 Å². The van der Waals surface area contributed by atoms with E-state index in [2.05, 4.69) is 9.12 Å². The molecule has 0 aromatic heterocycles. The molecule has 2 aromatic rings. The number of hydrogen-bond acceptors (Lipinski definition) is 4. The molecule has 0 aliphatic carbocycles. The molecule has 0 fully saturated rings. The maximum absolute atomic E-state index is 12.4. The molecule has 0 amide bonds. The third-order valence-corrected chi connectivity index (χ3v) is 6.51. The molecule has 0 saturated heterocycles. The first-order valence-corrected chi connectivity index (χ1v) is 11.1. The highest BCUT2D eigenvalue weighted by atomic mass is 32.2. The van der Waals surface area contributed by atoms with Gasteiger partial charge in [-0.05, 0) is 58.0 Å². The molecule has 144 valence electrons. The predicted octanol–water partition coefficient (Wildman–Crippen LogP) is 3.34. The Morgan fingerprint density at radius 2 is 1.26 bits per heavy atom. The lowest BCUT2D eigenvalue weighted by Crippen LogP contribution is -2.22. The second kappa shape index (κ2) is 8.06. The third-order valence-electron chi connectivity index (χ3n) is 3.64. The highest BCUT2D eigenvalue weighted by molar-refractivity contribution is 7.90. The highest BCUT2D eigenvalue weighted by Crippen LogP contribution is 2.14. The summed E-state index contributed by atoms with van der Waals surface area (Å²) in [6, 6.07) is 12.8. The Balaban J connectivity index is 2.22. The molecule has 0 unspecified atom stereocenters. The number of sulfonamides is 2. The van der Waals surface area contributed by atoms with Crippen LogP contribution in [0.25, 0.3) is 0 Å². The first-order chi connectivity index (χ1) is 12.5. The van der Waals surface area contributed by atoms with E-state index in [4.69, 9.17) is 0 Å². The van der Waals surface area contributed by atoms with Gasteiger partial charge < -0.3 is 0 Å². The Labute approximate surface area is 160 Å². The Morgan fingerprint density at radius 1 is 0.815 bits per heavy atom. The van der Waals surface area contributed by atoms with E-state index >= 15 is 0 Å². The molecule has 2 aromatic carbocycles. The van der Waals surface area contributed by atoms with Gasteiger partial charge in [-0.2, -0.15) is 12.8 Å². The van der Waals surface area contributed by atoms with E-state index in [0.717, 1.165) is 11.1 Å². The Bertz CT molecular complexity index is 1080. The molecular weight excluding hydrogens is 384 g/mol. The molecule has 0 radical (unpaired) electrons. The minimum absolute atomic E-state index is 0.0822. The number of allylic oxidation sites excluding steroid dienone is 2. The van der Waals surface area contributed by atoms with Gasteiger partial charge in [-0.3, -0.25) is 4.72 Å². The summed E-state index contributed by atoms with van der Waals surface area (Å²) < 4.78 is 55.5. The van der Waals surface area contributed by atoms with Crippen molar-refractivity contribution in [2.75, 3.05) is 0 Å². The van der Waals surface area contributed by atoms with Gasteiger partial charge in [0.2, 0.25) is 0 Å². The molecule has 8 heteroatoms. The van der Waals surface area contributed by atoms with Crippen molar-refractivity contribution in [2.45, 2.75) is 37.5 Å². The second-order valence-electron chi connectivity index (χ2n) is 6.27. The number of nitrogens with zero attached hydrogens (tertiary/aromatic N) is 1. The molecule has 0 aliphatic rings. The summed E-state index contributed by atoms with van der Waals surface area (Å²) in [5.74, 6) is 0. The van der Waals surface area contributed by atoms with Crippen LogP contribution in [-0.4, -0.2) is 22.5 Å². The summed E-state index contributed by atoms with van der Waals surface area (Å²) >= 11 is 0. The molecule has 0 atom stereocenters. The average Bonchev–Trinajstić information content (AvgIpc) is 2.54. The highest BCUT2D eigenvalue weighted by Gasteiger charge is 2.15. The first kappa shape index (κ1) is 20.9. The van der Waals surface area contributed by atoms with Crippen molar-refractivity contribution in [3.8, 4) is 0 Å². The minimum atomic E-state index is -3.86. The lowest BCUT2D eigenvalue weighted by molar-refractivity contribution is 0.588. The maximum Gasteiger partial charge on any atom is 0.282 e. The molecule has 0 saturated carbocycles. The second-order valence-corrected chi connectivity index (χ2v) is 9.55. The van der Waals surface area contributed by atoms with E-state index in [9.17, 15) is 16.8 Å². The molecule has 0 spiro atoms. The Morgan fingerprint density at radius 3 is 1.74 bits per heavy atom. The van der Waals surface area contributed by atoms with E-state index < -0.39 is 20.0 Å².